The van der Waals surface area contributed by atoms with Gasteiger partial charge in [0, 0.05) is 19.1 Å². The fourth-order valence-corrected chi connectivity index (χ4v) is 1.71. The SMILES string of the molecule is CC(C)CN(C(=O)c1cn(CCN)nn1)C(C)C. The smallest absolute Gasteiger partial charge is 0.276 e. The molecule has 0 aliphatic rings. The molecule has 0 bridgehead atoms. The molecule has 6 nitrogen and oxygen atoms in total. The van der Waals surface area contributed by atoms with Gasteiger partial charge in [-0.25, -0.2) is 0 Å². The van der Waals surface area contributed by atoms with Crippen LogP contribution in [0, 0.1) is 5.92 Å². The van der Waals surface area contributed by atoms with Gasteiger partial charge < -0.3 is 10.6 Å². The number of rotatable bonds is 6. The molecular weight excluding hydrogens is 230 g/mol. The van der Waals surface area contributed by atoms with Crippen LogP contribution in [0.15, 0.2) is 6.20 Å². The second kappa shape index (κ2) is 6.49. The zero-order chi connectivity index (χ0) is 13.7. The van der Waals surface area contributed by atoms with Gasteiger partial charge in [0.1, 0.15) is 0 Å². The lowest BCUT2D eigenvalue weighted by Crippen LogP contribution is -2.39. The molecule has 102 valence electrons. The Hall–Kier alpha value is -1.43. The first kappa shape index (κ1) is 14.6. The molecule has 1 heterocycles. The molecule has 1 rings (SSSR count). The van der Waals surface area contributed by atoms with Crippen molar-refractivity contribution in [2.24, 2.45) is 11.7 Å². The third-order valence-electron chi connectivity index (χ3n) is 2.56. The Bertz CT molecular complexity index is 386. The van der Waals surface area contributed by atoms with E-state index in [1.54, 1.807) is 10.9 Å². The fraction of sp³-hybridized carbons (Fsp3) is 0.750. The molecule has 0 aromatic carbocycles. The van der Waals surface area contributed by atoms with Crippen molar-refractivity contribution in [2.75, 3.05) is 13.1 Å². The van der Waals surface area contributed by atoms with E-state index in [1.807, 2.05) is 18.7 Å². The van der Waals surface area contributed by atoms with Gasteiger partial charge in [0.2, 0.25) is 0 Å². The van der Waals surface area contributed by atoms with Crippen molar-refractivity contribution in [3.63, 3.8) is 0 Å². The summed E-state index contributed by atoms with van der Waals surface area (Å²) >= 11 is 0. The quantitative estimate of drug-likeness (QED) is 0.811. The molecule has 1 aromatic rings. The highest BCUT2D eigenvalue weighted by Crippen LogP contribution is 2.09. The normalized spacial score (nSPS) is 11.3. The molecule has 0 atom stereocenters. The van der Waals surface area contributed by atoms with Crippen LogP contribution < -0.4 is 5.73 Å². The van der Waals surface area contributed by atoms with Gasteiger partial charge in [-0.2, -0.15) is 0 Å². The molecule has 0 spiro atoms. The van der Waals surface area contributed by atoms with Crippen LogP contribution in [0.2, 0.25) is 0 Å². The first-order valence-electron chi connectivity index (χ1n) is 6.36. The first-order valence-corrected chi connectivity index (χ1v) is 6.36. The molecule has 2 N–H and O–H groups in total. The van der Waals surface area contributed by atoms with Crippen molar-refractivity contribution in [3.05, 3.63) is 11.9 Å². The summed E-state index contributed by atoms with van der Waals surface area (Å²) < 4.78 is 1.60. The number of hydrogen-bond donors (Lipinski definition) is 1. The van der Waals surface area contributed by atoms with E-state index in [0.29, 0.717) is 24.7 Å². The summed E-state index contributed by atoms with van der Waals surface area (Å²) in [5.41, 5.74) is 5.82. The van der Waals surface area contributed by atoms with Gasteiger partial charge in [-0.15, -0.1) is 5.10 Å². The third kappa shape index (κ3) is 3.80. The minimum Gasteiger partial charge on any atom is -0.335 e. The Morgan fingerprint density at radius 3 is 2.61 bits per heavy atom. The number of nitrogens with zero attached hydrogens (tertiary/aromatic N) is 4. The molecule has 0 saturated carbocycles. The Labute approximate surface area is 108 Å². The van der Waals surface area contributed by atoms with Gasteiger partial charge in [-0.3, -0.25) is 9.48 Å². The minimum atomic E-state index is -0.0676. The Balaban J connectivity index is 2.81. The standard InChI is InChI=1S/C12H23N5O/c1-9(2)7-17(10(3)4)12(18)11-8-16(6-5-13)15-14-11/h8-10H,5-7,13H2,1-4H3. The van der Waals surface area contributed by atoms with Crippen molar-refractivity contribution in [1.29, 1.82) is 0 Å². The second-order valence-electron chi connectivity index (χ2n) is 5.10. The van der Waals surface area contributed by atoms with Gasteiger partial charge in [0.15, 0.2) is 5.69 Å². The average Bonchev–Trinajstić information content (AvgIpc) is 2.73. The molecule has 18 heavy (non-hydrogen) atoms. The molecular formula is C12H23N5O. The zero-order valence-corrected chi connectivity index (χ0v) is 11.6. The summed E-state index contributed by atoms with van der Waals surface area (Å²) in [7, 11) is 0. The van der Waals surface area contributed by atoms with Crippen molar-refractivity contribution in [1.82, 2.24) is 19.9 Å². The topological polar surface area (TPSA) is 77.0 Å². The van der Waals surface area contributed by atoms with Gasteiger partial charge in [-0.1, -0.05) is 19.1 Å². The molecule has 1 amide bonds. The lowest BCUT2D eigenvalue weighted by Gasteiger charge is -2.27. The minimum absolute atomic E-state index is 0.0676. The maximum absolute atomic E-state index is 12.3. The van der Waals surface area contributed by atoms with E-state index in [4.69, 9.17) is 5.73 Å². The highest BCUT2D eigenvalue weighted by atomic mass is 16.2. The van der Waals surface area contributed by atoms with E-state index in [2.05, 4.69) is 24.2 Å². The summed E-state index contributed by atoms with van der Waals surface area (Å²) in [5.74, 6) is 0.359. The van der Waals surface area contributed by atoms with E-state index < -0.39 is 0 Å². The monoisotopic (exact) mass is 253 g/mol. The van der Waals surface area contributed by atoms with Crippen LogP contribution in [0.1, 0.15) is 38.2 Å². The molecule has 0 saturated heterocycles. The number of aromatic nitrogens is 3. The maximum Gasteiger partial charge on any atom is 0.276 e. The number of carbonyl (C=O) groups excluding carboxylic acids is 1. The van der Waals surface area contributed by atoms with Crippen LogP contribution in [0.25, 0.3) is 0 Å². The third-order valence-corrected chi connectivity index (χ3v) is 2.56. The lowest BCUT2D eigenvalue weighted by atomic mass is 10.1. The number of carbonyl (C=O) groups is 1. The average molecular weight is 253 g/mol. The van der Waals surface area contributed by atoms with Crippen LogP contribution >= 0.6 is 0 Å². The van der Waals surface area contributed by atoms with Crippen LogP contribution in [0.5, 0.6) is 0 Å². The Morgan fingerprint density at radius 2 is 2.11 bits per heavy atom. The summed E-state index contributed by atoms with van der Waals surface area (Å²) in [4.78, 5) is 14.1. The summed E-state index contributed by atoms with van der Waals surface area (Å²) in [5, 5.41) is 7.80. The van der Waals surface area contributed by atoms with E-state index in [-0.39, 0.29) is 11.9 Å². The van der Waals surface area contributed by atoms with Gasteiger partial charge in [0.25, 0.3) is 5.91 Å². The summed E-state index contributed by atoms with van der Waals surface area (Å²) in [6, 6.07) is 0.152. The predicted octanol–water partition coefficient (Wildman–Crippen LogP) is 0.743. The largest absolute Gasteiger partial charge is 0.335 e. The Morgan fingerprint density at radius 1 is 1.44 bits per heavy atom. The maximum atomic E-state index is 12.3. The fourth-order valence-electron chi connectivity index (χ4n) is 1.71. The molecule has 0 unspecified atom stereocenters. The predicted molar refractivity (Wildman–Crippen MR) is 70.1 cm³/mol. The van der Waals surface area contributed by atoms with Crippen LogP contribution in [0.3, 0.4) is 0 Å². The molecule has 0 fully saturated rings. The van der Waals surface area contributed by atoms with Gasteiger partial charge >= 0.3 is 0 Å². The van der Waals surface area contributed by atoms with Gasteiger partial charge in [0.05, 0.1) is 12.7 Å². The molecule has 0 aliphatic carbocycles. The summed E-state index contributed by atoms with van der Waals surface area (Å²) in [6.07, 6.45) is 1.66. The molecule has 1 aromatic heterocycles. The Kier molecular flexibility index (Phi) is 5.27. The van der Waals surface area contributed by atoms with E-state index in [1.165, 1.54) is 0 Å². The highest BCUT2D eigenvalue weighted by Gasteiger charge is 2.22. The molecule has 0 radical (unpaired) electrons. The summed E-state index contributed by atoms with van der Waals surface area (Å²) in [6.45, 7) is 9.97. The number of hydrogen-bond acceptors (Lipinski definition) is 4. The second-order valence-corrected chi connectivity index (χ2v) is 5.10. The zero-order valence-electron chi connectivity index (χ0n) is 11.6. The van der Waals surface area contributed by atoms with E-state index in [0.717, 1.165) is 6.54 Å². The number of amides is 1. The van der Waals surface area contributed by atoms with Crippen molar-refractivity contribution in [3.8, 4) is 0 Å². The van der Waals surface area contributed by atoms with E-state index >= 15 is 0 Å². The van der Waals surface area contributed by atoms with Crippen molar-refractivity contribution in [2.45, 2.75) is 40.3 Å². The van der Waals surface area contributed by atoms with E-state index in [9.17, 15) is 4.79 Å². The van der Waals surface area contributed by atoms with Gasteiger partial charge in [-0.05, 0) is 19.8 Å². The highest BCUT2D eigenvalue weighted by molar-refractivity contribution is 5.92. The number of nitrogens with two attached hydrogens (primary N) is 1. The molecule has 6 heteroatoms. The van der Waals surface area contributed by atoms with Crippen molar-refractivity contribution < 1.29 is 4.79 Å². The molecule has 0 aliphatic heterocycles. The first-order chi connectivity index (χ1) is 8.45. The van der Waals surface area contributed by atoms with Crippen LogP contribution in [0.4, 0.5) is 0 Å². The lowest BCUT2D eigenvalue weighted by molar-refractivity contribution is 0.0675. The van der Waals surface area contributed by atoms with Crippen LogP contribution in [-0.4, -0.2) is 44.9 Å². The van der Waals surface area contributed by atoms with Crippen molar-refractivity contribution >= 4 is 5.91 Å². The van der Waals surface area contributed by atoms with Crippen LogP contribution in [-0.2, 0) is 6.54 Å².